The lowest BCUT2D eigenvalue weighted by Gasteiger charge is -2.22. The second kappa shape index (κ2) is 6.67. The molecular weight excluding hydrogens is 349 g/mol. The molecule has 0 fully saturated rings. The second-order valence-electron chi connectivity index (χ2n) is 8.26. The van der Waals surface area contributed by atoms with Crippen LogP contribution in [0.15, 0.2) is 91.0 Å². The molecule has 0 spiro atoms. The zero-order chi connectivity index (χ0) is 20.0. The molecule has 1 N–H and O–H groups in total. The van der Waals surface area contributed by atoms with Crippen molar-refractivity contribution in [1.82, 2.24) is 0 Å². The minimum Gasteiger partial charge on any atom is -0.356 e. The number of hydrogen-bond acceptors (Lipinski definition) is 1. The highest BCUT2D eigenvalue weighted by molar-refractivity contribution is 6.32. The van der Waals surface area contributed by atoms with Crippen LogP contribution in [0.3, 0.4) is 0 Å². The first-order valence-corrected chi connectivity index (χ1v) is 10.00. The Morgan fingerprint density at radius 1 is 0.621 bits per heavy atom. The third kappa shape index (κ3) is 3.05. The van der Waals surface area contributed by atoms with Crippen LogP contribution in [-0.2, 0) is 5.41 Å². The van der Waals surface area contributed by atoms with Crippen LogP contribution in [-0.4, -0.2) is 7.85 Å². The maximum absolute atomic E-state index is 5.79. The van der Waals surface area contributed by atoms with Crippen LogP contribution in [0.25, 0.3) is 22.3 Å². The summed E-state index contributed by atoms with van der Waals surface area (Å²) in [6.07, 6.45) is 0. The first-order chi connectivity index (χ1) is 14.0. The van der Waals surface area contributed by atoms with Gasteiger partial charge in [0.15, 0.2) is 0 Å². The number of benzene rings is 4. The van der Waals surface area contributed by atoms with Crippen molar-refractivity contribution < 1.29 is 0 Å². The van der Waals surface area contributed by atoms with Gasteiger partial charge in [-0.25, -0.2) is 0 Å². The molecule has 0 aliphatic heterocycles. The average molecular weight is 371 g/mol. The molecule has 2 radical (unpaired) electrons. The van der Waals surface area contributed by atoms with Gasteiger partial charge in [-0.1, -0.05) is 86.0 Å². The van der Waals surface area contributed by atoms with Crippen LogP contribution in [0.2, 0.25) is 0 Å². The topological polar surface area (TPSA) is 12.0 Å². The molecule has 0 unspecified atom stereocenters. The van der Waals surface area contributed by atoms with E-state index >= 15 is 0 Å². The van der Waals surface area contributed by atoms with Crippen molar-refractivity contribution in [2.45, 2.75) is 19.3 Å². The van der Waals surface area contributed by atoms with Crippen LogP contribution in [0.5, 0.6) is 0 Å². The molecule has 29 heavy (non-hydrogen) atoms. The van der Waals surface area contributed by atoms with Crippen molar-refractivity contribution in [2.24, 2.45) is 0 Å². The van der Waals surface area contributed by atoms with Crippen molar-refractivity contribution in [1.29, 1.82) is 0 Å². The molecule has 0 bridgehead atoms. The first-order valence-electron chi connectivity index (χ1n) is 10.00. The molecule has 1 aliphatic carbocycles. The Bertz CT molecular complexity index is 1190. The van der Waals surface area contributed by atoms with E-state index in [0.29, 0.717) is 0 Å². The van der Waals surface area contributed by atoms with Gasteiger partial charge in [0.05, 0.1) is 0 Å². The monoisotopic (exact) mass is 371 g/mol. The fraction of sp³-hybridized carbons (Fsp3) is 0.111. The summed E-state index contributed by atoms with van der Waals surface area (Å²) < 4.78 is 0. The Kier molecular flexibility index (Phi) is 4.10. The summed E-state index contributed by atoms with van der Waals surface area (Å²) in [4.78, 5) is 0. The van der Waals surface area contributed by atoms with Crippen LogP contribution in [0.1, 0.15) is 25.0 Å². The maximum atomic E-state index is 5.79. The molecule has 4 aromatic carbocycles. The Balaban J connectivity index is 1.42. The molecule has 1 nitrogen and oxygen atoms in total. The van der Waals surface area contributed by atoms with E-state index in [-0.39, 0.29) is 5.41 Å². The molecule has 0 saturated heterocycles. The van der Waals surface area contributed by atoms with Gasteiger partial charge >= 0.3 is 0 Å². The Morgan fingerprint density at radius 2 is 1.21 bits per heavy atom. The molecule has 138 valence electrons. The van der Waals surface area contributed by atoms with Gasteiger partial charge < -0.3 is 5.32 Å². The lowest BCUT2D eigenvalue weighted by molar-refractivity contribution is 0.660. The molecule has 1 aliphatic rings. The number of hydrogen-bond donors (Lipinski definition) is 1. The number of rotatable bonds is 3. The first kappa shape index (κ1) is 17.8. The number of nitrogens with one attached hydrogen (secondary N) is 1. The van der Waals surface area contributed by atoms with E-state index in [4.69, 9.17) is 7.85 Å². The standard InChI is InChI=1S/C27H22BN/c1-27(2)25-6-4-3-5-23(25)24-16-15-22(17-26(24)27)29-21-13-9-19(10-14-21)18-7-11-20(28)12-8-18/h3-17,29H,1-2H3. The summed E-state index contributed by atoms with van der Waals surface area (Å²) in [5, 5.41) is 3.57. The summed E-state index contributed by atoms with van der Waals surface area (Å²) in [6, 6.07) is 32.0. The molecule has 0 aromatic heterocycles. The van der Waals surface area contributed by atoms with E-state index in [1.807, 2.05) is 12.1 Å². The zero-order valence-corrected chi connectivity index (χ0v) is 16.7. The number of fused-ring (bicyclic) bond motifs is 3. The molecule has 2 heteroatoms. The van der Waals surface area contributed by atoms with Gasteiger partial charge in [0.2, 0.25) is 0 Å². The number of anilines is 2. The van der Waals surface area contributed by atoms with Crippen LogP contribution in [0.4, 0.5) is 11.4 Å². The molecule has 0 saturated carbocycles. The Morgan fingerprint density at radius 3 is 1.93 bits per heavy atom. The smallest absolute Gasteiger partial charge is 0.113 e. The summed E-state index contributed by atoms with van der Waals surface area (Å²) in [5.74, 6) is 0. The van der Waals surface area contributed by atoms with Crippen molar-refractivity contribution >= 4 is 24.7 Å². The van der Waals surface area contributed by atoms with Gasteiger partial charge in [-0.05, 0) is 57.6 Å². The highest BCUT2D eigenvalue weighted by Crippen LogP contribution is 2.49. The van der Waals surface area contributed by atoms with Crippen LogP contribution in [0, 0.1) is 0 Å². The van der Waals surface area contributed by atoms with E-state index in [2.05, 4.69) is 98.0 Å². The minimum atomic E-state index is 0.0165. The summed E-state index contributed by atoms with van der Waals surface area (Å²) in [5.41, 5.74) is 10.8. The third-order valence-corrected chi connectivity index (χ3v) is 6.00. The Labute approximate surface area is 173 Å². The lowest BCUT2D eigenvalue weighted by atomic mass is 9.82. The summed E-state index contributed by atoms with van der Waals surface area (Å²) >= 11 is 0. The largest absolute Gasteiger partial charge is 0.356 e. The molecule has 0 heterocycles. The molecular formula is C27H22BN. The van der Waals surface area contributed by atoms with Crippen LogP contribution < -0.4 is 10.8 Å². The minimum absolute atomic E-state index is 0.0165. The predicted octanol–water partition coefficient (Wildman–Crippen LogP) is 6.20. The SMILES string of the molecule is [B]c1ccc(-c2ccc(Nc3ccc4c(c3)C(C)(C)c3ccccc3-4)cc2)cc1. The van der Waals surface area contributed by atoms with Crippen molar-refractivity contribution in [3.63, 3.8) is 0 Å². The fourth-order valence-electron chi connectivity index (χ4n) is 4.37. The van der Waals surface area contributed by atoms with Gasteiger partial charge in [0, 0.05) is 16.8 Å². The van der Waals surface area contributed by atoms with Gasteiger partial charge in [0.25, 0.3) is 0 Å². The van der Waals surface area contributed by atoms with E-state index in [9.17, 15) is 0 Å². The van der Waals surface area contributed by atoms with Gasteiger partial charge in [0.1, 0.15) is 7.85 Å². The lowest BCUT2D eigenvalue weighted by Crippen LogP contribution is -2.15. The average Bonchev–Trinajstić information content (AvgIpc) is 2.97. The van der Waals surface area contributed by atoms with Gasteiger partial charge in [-0.3, -0.25) is 0 Å². The van der Waals surface area contributed by atoms with Crippen molar-refractivity contribution in [3.05, 3.63) is 102 Å². The van der Waals surface area contributed by atoms with E-state index in [1.54, 1.807) is 0 Å². The van der Waals surface area contributed by atoms with Gasteiger partial charge in [-0.2, -0.15) is 0 Å². The van der Waals surface area contributed by atoms with E-state index in [0.717, 1.165) is 16.8 Å². The maximum Gasteiger partial charge on any atom is 0.113 e. The molecule has 5 rings (SSSR count). The van der Waals surface area contributed by atoms with Crippen molar-refractivity contribution in [3.8, 4) is 22.3 Å². The molecule has 4 aromatic rings. The quantitative estimate of drug-likeness (QED) is 0.423. The van der Waals surface area contributed by atoms with E-state index in [1.165, 1.54) is 33.4 Å². The molecule has 0 amide bonds. The zero-order valence-electron chi connectivity index (χ0n) is 16.7. The van der Waals surface area contributed by atoms with E-state index < -0.39 is 0 Å². The summed E-state index contributed by atoms with van der Waals surface area (Å²) in [6.45, 7) is 4.62. The molecule has 0 atom stereocenters. The van der Waals surface area contributed by atoms with Crippen molar-refractivity contribution in [2.75, 3.05) is 5.32 Å². The normalized spacial score (nSPS) is 13.6. The fourth-order valence-corrected chi connectivity index (χ4v) is 4.37. The van der Waals surface area contributed by atoms with Gasteiger partial charge in [-0.15, -0.1) is 0 Å². The predicted molar refractivity (Wildman–Crippen MR) is 125 cm³/mol. The summed E-state index contributed by atoms with van der Waals surface area (Å²) in [7, 11) is 5.79. The highest BCUT2D eigenvalue weighted by atomic mass is 14.9. The third-order valence-electron chi connectivity index (χ3n) is 6.00. The second-order valence-corrected chi connectivity index (χ2v) is 8.26. The highest BCUT2D eigenvalue weighted by Gasteiger charge is 2.35. The van der Waals surface area contributed by atoms with Crippen LogP contribution >= 0.6 is 0 Å². The Hall–Kier alpha value is -3.26.